The molecule has 0 amide bonds. The van der Waals surface area contributed by atoms with Crippen molar-refractivity contribution in [3.05, 3.63) is 0 Å². The molecule has 0 aliphatic heterocycles. The second-order valence-corrected chi connectivity index (χ2v) is 12.2. The minimum absolute atomic E-state index is 0. The Labute approximate surface area is 246 Å². The van der Waals surface area contributed by atoms with E-state index in [4.69, 9.17) is 5.73 Å². The number of halogens is 1. The van der Waals surface area contributed by atoms with Crippen molar-refractivity contribution in [1.82, 2.24) is 0 Å². The van der Waals surface area contributed by atoms with E-state index in [-0.39, 0.29) is 12.4 Å². The van der Waals surface area contributed by atoms with Crippen molar-refractivity contribution >= 4 is 12.4 Å². The summed E-state index contributed by atoms with van der Waals surface area (Å²) in [5.74, 6) is -1.69. The Morgan fingerprint density at radius 3 is 0.947 bits per heavy atom. The van der Waals surface area contributed by atoms with Crippen molar-refractivity contribution in [1.29, 1.82) is 0 Å². The molecular weight excluding hydrogens is 490 g/mol. The van der Waals surface area contributed by atoms with Gasteiger partial charge in [-0.2, -0.15) is 0 Å². The lowest BCUT2D eigenvalue weighted by atomic mass is 9.95. The Kier molecular flexibility index (Phi) is 33.6. The maximum absolute atomic E-state index is 10.4. The van der Waals surface area contributed by atoms with Crippen LogP contribution in [-0.4, -0.2) is 22.0 Å². The van der Waals surface area contributed by atoms with Crippen LogP contribution in [0.15, 0.2) is 0 Å². The van der Waals surface area contributed by atoms with E-state index in [0.717, 1.165) is 25.7 Å². The van der Waals surface area contributed by atoms with Gasteiger partial charge in [0.1, 0.15) is 0 Å². The van der Waals surface area contributed by atoms with Crippen LogP contribution in [0.5, 0.6) is 0 Å². The van der Waals surface area contributed by atoms with Crippen LogP contribution < -0.4 is 5.73 Å². The van der Waals surface area contributed by atoms with Crippen molar-refractivity contribution in [2.24, 2.45) is 5.73 Å². The molecule has 4 heteroatoms. The molecule has 0 saturated carbocycles. The lowest BCUT2D eigenvalue weighted by Gasteiger charge is -2.28. The highest BCUT2D eigenvalue weighted by Gasteiger charge is 2.30. The summed E-state index contributed by atoms with van der Waals surface area (Å²) in [4.78, 5) is 0. The summed E-state index contributed by atoms with van der Waals surface area (Å²) in [6, 6.07) is -0.508. The largest absolute Gasteiger partial charge is 0.364 e. The molecule has 0 aliphatic rings. The molecule has 232 valence electrons. The maximum Gasteiger partial charge on any atom is 0.178 e. The average molecular weight is 562 g/mol. The van der Waals surface area contributed by atoms with Crippen LogP contribution in [0.4, 0.5) is 0 Å². The smallest absolute Gasteiger partial charge is 0.178 e. The summed E-state index contributed by atoms with van der Waals surface area (Å²) >= 11 is 0. The lowest BCUT2D eigenvalue weighted by Crippen LogP contribution is -2.47. The van der Waals surface area contributed by atoms with Crippen LogP contribution in [-0.2, 0) is 0 Å². The third-order valence-electron chi connectivity index (χ3n) is 8.36. The van der Waals surface area contributed by atoms with Gasteiger partial charge in [-0.1, -0.05) is 187 Å². The Balaban J connectivity index is 0. The molecule has 0 bridgehead atoms. The Hall–Kier alpha value is 0.170. The van der Waals surface area contributed by atoms with Crippen molar-refractivity contribution in [2.75, 3.05) is 0 Å². The second kappa shape index (κ2) is 31.7. The van der Waals surface area contributed by atoms with Gasteiger partial charge < -0.3 is 15.9 Å². The monoisotopic (exact) mass is 562 g/mol. The number of unbranched alkanes of at least 4 members (excludes halogenated alkanes) is 26. The average Bonchev–Trinajstić information content (AvgIpc) is 2.88. The van der Waals surface area contributed by atoms with Crippen LogP contribution in [0.2, 0.25) is 0 Å². The van der Waals surface area contributed by atoms with Crippen LogP contribution in [0.25, 0.3) is 0 Å². The highest BCUT2D eigenvalue weighted by atomic mass is 35.5. The van der Waals surface area contributed by atoms with Gasteiger partial charge in [-0.25, -0.2) is 0 Å². The quantitative estimate of drug-likeness (QED) is 0.0582. The maximum atomic E-state index is 10.4. The van der Waals surface area contributed by atoms with E-state index in [1.807, 2.05) is 0 Å². The van der Waals surface area contributed by atoms with Crippen molar-refractivity contribution in [3.8, 4) is 0 Å². The molecule has 0 aliphatic carbocycles. The number of aliphatic hydroxyl groups is 2. The van der Waals surface area contributed by atoms with E-state index in [0.29, 0.717) is 6.42 Å². The Bertz CT molecular complexity index is 433. The minimum atomic E-state index is -1.69. The molecule has 0 heterocycles. The van der Waals surface area contributed by atoms with Crippen molar-refractivity contribution in [2.45, 2.75) is 218 Å². The van der Waals surface area contributed by atoms with E-state index < -0.39 is 11.8 Å². The fourth-order valence-corrected chi connectivity index (χ4v) is 5.56. The van der Waals surface area contributed by atoms with E-state index in [2.05, 4.69) is 13.8 Å². The summed E-state index contributed by atoms with van der Waals surface area (Å²) in [5, 5.41) is 20.8. The molecule has 0 aromatic carbocycles. The van der Waals surface area contributed by atoms with Crippen molar-refractivity contribution < 1.29 is 10.2 Å². The highest BCUT2D eigenvalue weighted by Crippen LogP contribution is 2.21. The normalized spacial score (nSPS) is 12.6. The molecule has 0 radical (unpaired) electrons. The number of nitrogens with two attached hydrogens (primary N) is 1. The summed E-state index contributed by atoms with van der Waals surface area (Å²) in [6.07, 6.45) is 38.2. The van der Waals surface area contributed by atoms with Gasteiger partial charge in [0.15, 0.2) is 5.79 Å². The molecule has 1 atom stereocenters. The topological polar surface area (TPSA) is 66.5 Å². The molecule has 1 unspecified atom stereocenters. The van der Waals surface area contributed by atoms with Gasteiger partial charge in [-0.05, 0) is 12.8 Å². The fraction of sp³-hybridized carbons (Fsp3) is 1.00. The zero-order valence-corrected chi connectivity index (χ0v) is 27.0. The zero-order valence-electron chi connectivity index (χ0n) is 26.2. The SMILES string of the molecule is CCCCCCCCCCCCCCCCC(N)C(O)(O)CCCCCCCCCCCCCCCC.Cl. The summed E-state index contributed by atoms with van der Waals surface area (Å²) in [5.41, 5.74) is 6.15. The highest BCUT2D eigenvalue weighted by molar-refractivity contribution is 5.85. The van der Waals surface area contributed by atoms with Crippen molar-refractivity contribution in [3.63, 3.8) is 0 Å². The van der Waals surface area contributed by atoms with Gasteiger partial charge in [0.2, 0.25) is 0 Å². The van der Waals surface area contributed by atoms with E-state index in [1.165, 1.54) is 161 Å². The standard InChI is InChI=1S/C34H71NO2.ClH/c1-3-5-7-9-11-13-15-17-19-21-23-25-27-29-31-33(35)34(36,37)32-30-28-26-24-22-20-18-16-14-12-10-8-6-4-2;/h33,36-37H,3-32,35H2,1-2H3;1H. The lowest BCUT2D eigenvalue weighted by molar-refractivity contribution is -0.183. The zero-order chi connectivity index (χ0) is 27.3. The molecule has 38 heavy (non-hydrogen) atoms. The van der Waals surface area contributed by atoms with Crippen LogP contribution >= 0.6 is 12.4 Å². The van der Waals surface area contributed by atoms with Crippen LogP contribution in [0.1, 0.15) is 206 Å². The Morgan fingerprint density at radius 1 is 0.421 bits per heavy atom. The molecule has 0 saturated heterocycles. The fourth-order valence-electron chi connectivity index (χ4n) is 5.56. The molecule has 4 N–H and O–H groups in total. The first-order chi connectivity index (χ1) is 18.0. The van der Waals surface area contributed by atoms with Gasteiger partial charge in [-0.3, -0.25) is 0 Å². The third kappa shape index (κ3) is 29.2. The number of hydrogen-bond donors (Lipinski definition) is 3. The first-order valence-electron chi connectivity index (χ1n) is 17.2. The minimum Gasteiger partial charge on any atom is -0.364 e. The summed E-state index contributed by atoms with van der Waals surface area (Å²) in [7, 11) is 0. The van der Waals surface area contributed by atoms with E-state index in [9.17, 15) is 10.2 Å². The van der Waals surface area contributed by atoms with E-state index in [1.54, 1.807) is 0 Å². The summed E-state index contributed by atoms with van der Waals surface area (Å²) in [6.45, 7) is 4.56. The molecule has 0 spiro atoms. The Morgan fingerprint density at radius 2 is 0.658 bits per heavy atom. The summed E-state index contributed by atoms with van der Waals surface area (Å²) < 4.78 is 0. The molecule has 0 fully saturated rings. The van der Waals surface area contributed by atoms with Gasteiger partial charge in [0, 0.05) is 6.42 Å². The molecule has 0 aromatic heterocycles. The molecule has 3 nitrogen and oxygen atoms in total. The van der Waals surface area contributed by atoms with Gasteiger partial charge >= 0.3 is 0 Å². The molecular formula is C34H72ClNO2. The van der Waals surface area contributed by atoms with Gasteiger partial charge in [0.05, 0.1) is 6.04 Å². The van der Waals surface area contributed by atoms with Gasteiger partial charge in [-0.15, -0.1) is 12.4 Å². The third-order valence-corrected chi connectivity index (χ3v) is 8.36. The number of hydrogen-bond acceptors (Lipinski definition) is 3. The second-order valence-electron chi connectivity index (χ2n) is 12.2. The first kappa shape index (κ1) is 40.3. The first-order valence-corrected chi connectivity index (χ1v) is 17.2. The predicted octanol–water partition coefficient (Wildman–Crippen LogP) is 11.2. The van der Waals surface area contributed by atoms with Crippen LogP contribution in [0.3, 0.4) is 0 Å². The molecule has 0 aromatic rings. The molecule has 0 rings (SSSR count). The van der Waals surface area contributed by atoms with Gasteiger partial charge in [0.25, 0.3) is 0 Å². The van der Waals surface area contributed by atoms with Crippen LogP contribution in [0, 0.1) is 0 Å². The van der Waals surface area contributed by atoms with E-state index >= 15 is 0 Å². The predicted molar refractivity (Wildman–Crippen MR) is 172 cm³/mol. The number of rotatable bonds is 31.